The summed E-state index contributed by atoms with van der Waals surface area (Å²) in [6.07, 6.45) is 0. The van der Waals surface area contributed by atoms with E-state index in [0.717, 1.165) is 26.3 Å². The standard InChI is InChI=1S/C20H21N3OS2/c1-12-5-8-16(9-6-12)18(24)15(4)25-20-23-22-19(26-20)21-17-10-7-13(2)14(3)11-17/h5-11,15H,1-4H3,(H,21,22)/t15-/m1/s1. The minimum absolute atomic E-state index is 0.105. The molecule has 0 saturated carbocycles. The Morgan fingerprint density at radius 2 is 1.77 bits per heavy atom. The van der Waals surface area contributed by atoms with Crippen molar-refractivity contribution in [3.8, 4) is 0 Å². The average Bonchev–Trinajstić information content (AvgIpc) is 3.05. The monoisotopic (exact) mass is 383 g/mol. The van der Waals surface area contributed by atoms with E-state index in [4.69, 9.17) is 0 Å². The number of ketones is 1. The van der Waals surface area contributed by atoms with Crippen LogP contribution in [0, 0.1) is 20.8 Å². The smallest absolute Gasteiger partial charge is 0.210 e. The van der Waals surface area contributed by atoms with Crippen molar-refractivity contribution in [2.24, 2.45) is 0 Å². The van der Waals surface area contributed by atoms with Crippen LogP contribution in [-0.2, 0) is 0 Å². The summed E-state index contributed by atoms with van der Waals surface area (Å²) in [6.45, 7) is 8.09. The molecule has 0 spiro atoms. The van der Waals surface area contributed by atoms with Gasteiger partial charge < -0.3 is 5.32 Å². The van der Waals surface area contributed by atoms with Gasteiger partial charge in [0.1, 0.15) is 0 Å². The third-order valence-electron chi connectivity index (χ3n) is 4.15. The van der Waals surface area contributed by atoms with Crippen molar-refractivity contribution in [3.63, 3.8) is 0 Å². The number of aromatic nitrogens is 2. The van der Waals surface area contributed by atoms with E-state index in [-0.39, 0.29) is 11.0 Å². The van der Waals surface area contributed by atoms with Gasteiger partial charge in [-0.1, -0.05) is 59.0 Å². The summed E-state index contributed by atoms with van der Waals surface area (Å²) in [4.78, 5) is 12.5. The SMILES string of the molecule is Cc1ccc(C(=O)[C@@H](C)Sc2nnc(Nc3ccc(C)c(C)c3)s2)cc1. The molecule has 1 heterocycles. The number of hydrogen-bond donors (Lipinski definition) is 1. The first-order valence-electron chi connectivity index (χ1n) is 8.37. The fraction of sp³-hybridized carbons (Fsp3) is 0.250. The van der Waals surface area contributed by atoms with Gasteiger partial charge in [-0.25, -0.2) is 0 Å². The fourth-order valence-electron chi connectivity index (χ4n) is 2.41. The van der Waals surface area contributed by atoms with Gasteiger partial charge in [0.25, 0.3) is 0 Å². The summed E-state index contributed by atoms with van der Waals surface area (Å²) >= 11 is 2.90. The number of anilines is 2. The summed E-state index contributed by atoms with van der Waals surface area (Å²) in [5.74, 6) is 0.105. The largest absolute Gasteiger partial charge is 0.330 e. The first-order valence-corrected chi connectivity index (χ1v) is 10.1. The Morgan fingerprint density at radius 1 is 1.04 bits per heavy atom. The second kappa shape index (κ2) is 8.01. The Bertz CT molecular complexity index is 919. The molecular formula is C20H21N3OS2. The van der Waals surface area contributed by atoms with Crippen molar-refractivity contribution in [3.05, 3.63) is 64.7 Å². The Morgan fingerprint density at radius 3 is 2.46 bits per heavy atom. The molecule has 4 nitrogen and oxygen atoms in total. The Hall–Kier alpha value is -2.18. The molecule has 0 bridgehead atoms. The molecule has 0 saturated heterocycles. The molecule has 0 fully saturated rings. The highest BCUT2D eigenvalue weighted by Gasteiger charge is 2.18. The molecule has 3 aromatic rings. The first kappa shape index (κ1) is 18.6. The zero-order valence-corrected chi connectivity index (χ0v) is 16.9. The highest BCUT2D eigenvalue weighted by molar-refractivity contribution is 8.02. The summed E-state index contributed by atoms with van der Waals surface area (Å²) in [5, 5.41) is 12.2. The van der Waals surface area contributed by atoms with Crippen molar-refractivity contribution >= 4 is 39.7 Å². The van der Waals surface area contributed by atoms with Crippen LogP contribution in [-0.4, -0.2) is 21.2 Å². The molecule has 3 rings (SSSR count). The number of rotatable bonds is 6. The van der Waals surface area contributed by atoms with Crippen LogP contribution in [0.15, 0.2) is 46.8 Å². The average molecular weight is 384 g/mol. The van der Waals surface area contributed by atoms with Gasteiger partial charge >= 0.3 is 0 Å². The quantitative estimate of drug-likeness (QED) is 0.445. The number of carbonyl (C=O) groups is 1. The van der Waals surface area contributed by atoms with Crippen LogP contribution >= 0.6 is 23.1 Å². The van der Waals surface area contributed by atoms with Crippen molar-refractivity contribution in [1.82, 2.24) is 10.2 Å². The van der Waals surface area contributed by atoms with Crippen molar-refractivity contribution < 1.29 is 4.79 Å². The van der Waals surface area contributed by atoms with Crippen LogP contribution in [0.5, 0.6) is 0 Å². The van der Waals surface area contributed by atoms with E-state index in [1.807, 2.05) is 44.2 Å². The molecule has 26 heavy (non-hydrogen) atoms. The van der Waals surface area contributed by atoms with Crippen LogP contribution in [0.1, 0.15) is 34.0 Å². The van der Waals surface area contributed by atoms with Crippen LogP contribution in [0.2, 0.25) is 0 Å². The maximum atomic E-state index is 12.5. The van der Waals surface area contributed by atoms with E-state index in [0.29, 0.717) is 0 Å². The highest BCUT2D eigenvalue weighted by Crippen LogP contribution is 2.32. The minimum atomic E-state index is -0.208. The molecule has 1 N–H and O–H groups in total. The molecule has 0 unspecified atom stereocenters. The lowest BCUT2D eigenvalue weighted by Crippen LogP contribution is -2.13. The lowest BCUT2D eigenvalue weighted by atomic mass is 10.1. The van der Waals surface area contributed by atoms with Crippen molar-refractivity contribution in [1.29, 1.82) is 0 Å². The highest BCUT2D eigenvalue weighted by atomic mass is 32.2. The molecular weight excluding hydrogens is 362 g/mol. The molecule has 134 valence electrons. The predicted molar refractivity (Wildman–Crippen MR) is 110 cm³/mol. The number of Topliss-reactive ketones (excluding diaryl/α,β-unsaturated/α-hetero) is 1. The van der Waals surface area contributed by atoms with E-state index in [1.165, 1.54) is 34.2 Å². The van der Waals surface area contributed by atoms with E-state index < -0.39 is 0 Å². The zero-order valence-electron chi connectivity index (χ0n) is 15.2. The van der Waals surface area contributed by atoms with Crippen LogP contribution < -0.4 is 5.32 Å². The number of benzene rings is 2. The molecule has 0 aliphatic rings. The third kappa shape index (κ3) is 4.51. The molecule has 0 amide bonds. The Balaban J connectivity index is 1.64. The van der Waals surface area contributed by atoms with Crippen LogP contribution in [0.25, 0.3) is 0 Å². The van der Waals surface area contributed by atoms with Gasteiger partial charge in [0.2, 0.25) is 5.13 Å². The number of thioether (sulfide) groups is 1. The maximum Gasteiger partial charge on any atom is 0.210 e. The molecule has 1 atom stereocenters. The van der Waals surface area contributed by atoms with Gasteiger partial charge in [0, 0.05) is 11.3 Å². The zero-order chi connectivity index (χ0) is 18.7. The van der Waals surface area contributed by atoms with Gasteiger partial charge in [-0.15, -0.1) is 10.2 Å². The lowest BCUT2D eigenvalue weighted by Gasteiger charge is -2.08. The Labute approximate surface area is 162 Å². The van der Waals surface area contributed by atoms with Crippen LogP contribution in [0.3, 0.4) is 0 Å². The fourth-order valence-corrected chi connectivity index (χ4v) is 4.40. The van der Waals surface area contributed by atoms with E-state index in [1.54, 1.807) is 0 Å². The normalized spacial score (nSPS) is 12.0. The second-order valence-electron chi connectivity index (χ2n) is 6.29. The summed E-state index contributed by atoms with van der Waals surface area (Å²) in [6, 6.07) is 13.9. The predicted octanol–water partition coefficient (Wildman–Crippen LogP) is 5.57. The molecule has 0 radical (unpaired) electrons. The lowest BCUT2D eigenvalue weighted by molar-refractivity contribution is 0.0994. The number of nitrogens with zero attached hydrogens (tertiary/aromatic N) is 2. The number of nitrogens with one attached hydrogen (secondary N) is 1. The first-order chi connectivity index (χ1) is 12.4. The number of hydrogen-bond acceptors (Lipinski definition) is 6. The van der Waals surface area contributed by atoms with Gasteiger partial charge in [0.15, 0.2) is 10.1 Å². The van der Waals surface area contributed by atoms with E-state index >= 15 is 0 Å². The Kier molecular flexibility index (Phi) is 5.74. The van der Waals surface area contributed by atoms with Gasteiger partial charge in [-0.2, -0.15) is 0 Å². The summed E-state index contributed by atoms with van der Waals surface area (Å²) in [5.41, 5.74) is 5.35. The van der Waals surface area contributed by atoms with Gasteiger partial charge in [-0.05, 0) is 51.0 Å². The minimum Gasteiger partial charge on any atom is -0.330 e. The number of carbonyl (C=O) groups excluding carboxylic acids is 1. The molecule has 0 aliphatic carbocycles. The molecule has 0 aliphatic heterocycles. The summed E-state index contributed by atoms with van der Waals surface area (Å²) < 4.78 is 0.782. The van der Waals surface area contributed by atoms with Crippen molar-refractivity contribution in [2.45, 2.75) is 37.3 Å². The summed E-state index contributed by atoms with van der Waals surface area (Å²) in [7, 11) is 0. The van der Waals surface area contributed by atoms with Gasteiger partial charge in [0.05, 0.1) is 5.25 Å². The maximum absolute atomic E-state index is 12.5. The molecule has 1 aromatic heterocycles. The third-order valence-corrected chi connectivity index (χ3v) is 6.17. The van der Waals surface area contributed by atoms with E-state index in [9.17, 15) is 4.79 Å². The molecule has 2 aromatic carbocycles. The van der Waals surface area contributed by atoms with Crippen LogP contribution in [0.4, 0.5) is 10.8 Å². The number of aryl methyl sites for hydroxylation is 3. The van der Waals surface area contributed by atoms with Crippen molar-refractivity contribution in [2.75, 3.05) is 5.32 Å². The van der Waals surface area contributed by atoms with E-state index in [2.05, 4.69) is 41.5 Å². The van der Waals surface area contributed by atoms with Gasteiger partial charge in [-0.3, -0.25) is 4.79 Å². The topological polar surface area (TPSA) is 54.9 Å². The second-order valence-corrected chi connectivity index (χ2v) is 8.85. The molecule has 6 heteroatoms.